The molecule has 0 aliphatic heterocycles. The number of rotatable bonds is 5. The average Bonchev–Trinajstić information content (AvgIpc) is 2.46. The number of benzene rings is 2. The second kappa shape index (κ2) is 6.72. The number of hydrogen-bond acceptors (Lipinski definition) is 1. The van der Waals surface area contributed by atoms with Crippen LogP contribution in [0.4, 0.5) is 17.6 Å². The summed E-state index contributed by atoms with van der Waals surface area (Å²) < 4.78 is 53.1. The Morgan fingerprint density at radius 1 is 0.952 bits per heavy atom. The van der Waals surface area contributed by atoms with Gasteiger partial charge in [0.05, 0.1) is 0 Å². The summed E-state index contributed by atoms with van der Waals surface area (Å²) in [5.41, 5.74) is 1.14. The van der Waals surface area contributed by atoms with E-state index in [9.17, 15) is 17.6 Å². The molecule has 0 atom stereocenters. The van der Waals surface area contributed by atoms with Gasteiger partial charge in [0.1, 0.15) is 5.82 Å². The first kappa shape index (κ1) is 15.5. The molecule has 2 rings (SSSR count). The van der Waals surface area contributed by atoms with Crippen molar-refractivity contribution < 1.29 is 17.6 Å². The van der Waals surface area contributed by atoms with Gasteiger partial charge in [-0.05, 0) is 53.9 Å². The van der Waals surface area contributed by atoms with E-state index in [1.807, 2.05) is 6.92 Å². The van der Waals surface area contributed by atoms with Crippen LogP contribution < -0.4 is 5.32 Å². The molecule has 0 aliphatic carbocycles. The molecule has 1 nitrogen and oxygen atoms in total. The van der Waals surface area contributed by atoms with E-state index in [-0.39, 0.29) is 5.56 Å². The molecule has 0 spiro atoms. The SMILES string of the molecule is CCCNCc1ccc(F)cc1-c1cc(F)c(F)c(F)c1. The van der Waals surface area contributed by atoms with Gasteiger partial charge in [-0.2, -0.15) is 0 Å². The molecule has 0 unspecified atom stereocenters. The molecule has 0 fully saturated rings. The summed E-state index contributed by atoms with van der Waals surface area (Å²) >= 11 is 0. The molecule has 2 aromatic carbocycles. The third-order valence-corrected chi connectivity index (χ3v) is 3.11. The van der Waals surface area contributed by atoms with Gasteiger partial charge in [-0.25, -0.2) is 17.6 Å². The maximum Gasteiger partial charge on any atom is 0.194 e. The van der Waals surface area contributed by atoms with Crippen molar-refractivity contribution in [2.45, 2.75) is 19.9 Å². The predicted molar refractivity (Wildman–Crippen MR) is 73.7 cm³/mol. The minimum absolute atomic E-state index is 0.110. The largest absolute Gasteiger partial charge is 0.313 e. The molecular weight excluding hydrogens is 282 g/mol. The van der Waals surface area contributed by atoms with E-state index in [0.717, 1.165) is 25.1 Å². The third-order valence-electron chi connectivity index (χ3n) is 3.11. The Balaban J connectivity index is 2.44. The first-order valence-electron chi connectivity index (χ1n) is 6.67. The monoisotopic (exact) mass is 297 g/mol. The van der Waals surface area contributed by atoms with Gasteiger partial charge >= 0.3 is 0 Å². The van der Waals surface area contributed by atoms with Crippen LogP contribution in [-0.4, -0.2) is 6.54 Å². The zero-order valence-electron chi connectivity index (χ0n) is 11.5. The Bertz CT molecular complexity index is 617. The number of hydrogen-bond donors (Lipinski definition) is 1. The van der Waals surface area contributed by atoms with Crippen molar-refractivity contribution in [3.8, 4) is 11.1 Å². The van der Waals surface area contributed by atoms with Crippen molar-refractivity contribution in [2.75, 3.05) is 6.54 Å². The molecule has 1 N–H and O–H groups in total. The van der Waals surface area contributed by atoms with Crippen LogP contribution in [0.25, 0.3) is 11.1 Å². The highest BCUT2D eigenvalue weighted by molar-refractivity contribution is 5.67. The summed E-state index contributed by atoms with van der Waals surface area (Å²) in [6.07, 6.45) is 0.927. The molecule has 21 heavy (non-hydrogen) atoms. The quantitative estimate of drug-likeness (QED) is 0.490. The Hall–Kier alpha value is -1.88. The third kappa shape index (κ3) is 3.61. The Morgan fingerprint density at radius 2 is 1.62 bits per heavy atom. The summed E-state index contributed by atoms with van der Waals surface area (Å²) in [6.45, 7) is 3.20. The zero-order chi connectivity index (χ0) is 15.4. The minimum atomic E-state index is -1.53. The fourth-order valence-corrected chi connectivity index (χ4v) is 2.08. The minimum Gasteiger partial charge on any atom is -0.313 e. The van der Waals surface area contributed by atoms with E-state index >= 15 is 0 Å². The Kier molecular flexibility index (Phi) is 4.96. The van der Waals surface area contributed by atoms with Crippen LogP contribution in [-0.2, 0) is 6.54 Å². The fourth-order valence-electron chi connectivity index (χ4n) is 2.08. The highest BCUT2D eigenvalue weighted by Crippen LogP contribution is 2.27. The topological polar surface area (TPSA) is 12.0 Å². The molecule has 0 heterocycles. The predicted octanol–water partition coefficient (Wildman–Crippen LogP) is 4.41. The molecule has 2 aromatic rings. The second-order valence-electron chi connectivity index (χ2n) is 4.73. The average molecular weight is 297 g/mol. The molecule has 0 bridgehead atoms. The molecule has 0 aromatic heterocycles. The summed E-state index contributed by atoms with van der Waals surface area (Å²) in [6, 6.07) is 5.76. The molecule has 0 radical (unpaired) electrons. The normalized spacial score (nSPS) is 10.9. The van der Waals surface area contributed by atoms with Crippen LogP contribution in [0.1, 0.15) is 18.9 Å². The molecule has 0 saturated heterocycles. The lowest BCUT2D eigenvalue weighted by atomic mass is 9.99. The van der Waals surface area contributed by atoms with Gasteiger partial charge in [0.15, 0.2) is 17.5 Å². The molecular formula is C16H15F4N. The Labute approximate surface area is 120 Å². The lowest BCUT2D eigenvalue weighted by Crippen LogP contribution is -2.14. The molecule has 0 amide bonds. The van der Waals surface area contributed by atoms with Crippen molar-refractivity contribution in [2.24, 2.45) is 0 Å². The van der Waals surface area contributed by atoms with Crippen molar-refractivity contribution >= 4 is 0 Å². The number of halogens is 4. The molecule has 5 heteroatoms. The van der Waals surface area contributed by atoms with E-state index in [2.05, 4.69) is 5.32 Å². The highest BCUT2D eigenvalue weighted by Gasteiger charge is 2.14. The van der Waals surface area contributed by atoms with Gasteiger partial charge < -0.3 is 5.32 Å². The van der Waals surface area contributed by atoms with Crippen LogP contribution in [0.2, 0.25) is 0 Å². The summed E-state index contributed by atoms with van der Waals surface area (Å²) in [5.74, 6) is -4.63. The van der Waals surface area contributed by atoms with E-state index in [0.29, 0.717) is 17.7 Å². The lowest BCUT2D eigenvalue weighted by molar-refractivity contribution is 0.447. The van der Waals surface area contributed by atoms with Crippen molar-refractivity contribution in [1.82, 2.24) is 5.32 Å². The van der Waals surface area contributed by atoms with Gasteiger partial charge in [0.25, 0.3) is 0 Å². The van der Waals surface area contributed by atoms with Crippen molar-refractivity contribution in [1.29, 1.82) is 0 Å². The van der Waals surface area contributed by atoms with E-state index < -0.39 is 23.3 Å². The van der Waals surface area contributed by atoms with Crippen molar-refractivity contribution in [3.05, 3.63) is 59.2 Å². The summed E-state index contributed by atoms with van der Waals surface area (Å²) in [4.78, 5) is 0. The Morgan fingerprint density at radius 3 is 2.24 bits per heavy atom. The maximum absolute atomic E-state index is 13.4. The van der Waals surface area contributed by atoms with E-state index in [4.69, 9.17) is 0 Å². The van der Waals surface area contributed by atoms with Gasteiger partial charge in [-0.1, -0.05) is 13.0 Å². The second-order valence-corrected chi connectivity index (χ2v) is 4.73. The van der Waals surface area contributed by atoms with Crippen molar-refractivity contribution in [3.63, 3.8) is 0 Å². The van der Waals surface area contributed by atoms with Crippen LogP contribution in [0.3, 0.4) is 0 Å². The summed E-state index contributed by atoms with van der Waals surface area (Å²) in [5, 5.41) is 3.14. The standard InChI is InChI=1S/C16H15F4N/c1-2-5-21-9-10-3-4-12(17)8-13(10)11-6-14(18)16(20)15(19)7-11/h3-4,6-8,21H,2,5,9H2,1H3. The van der Waals surface area contributed by atoms with E-state index in [1.165, 1.54) is 12.1 Å². The van der Waals surface area contributed by atoms with Gasteiger partial charge in [0.2, 0.25) is 0 Å². The maximum atomic E-state index is 13.4. The van der Waals surface area contributed by atoms with Gasteiger partial charge in [-0.3, -0.25) is 0 Å². The van der Waals surface area contributed by atoms with E-state index in [1.54, 1.807) is 6.07 Å². The molecule has 0 saturated carbocycles. The first-order chi connectivity index (χ1) is 10.0. The van der Waals surface area contributed by atoms with Gasteiger partial charge in [0, 0.05) is 6.54 Å². The zero-order valence-corrected chi connectivity index (χ0v) is 11.5. The molecule has 112 valence electrons. The van der Waals surface area contributed by atoms with Gasteiger partial charge in [-0.15, -0.1) is 0 Å². The highest BCUT2D eigenvalue weighted by atomic mass is 19.2. The van der Waals surface area contributed by atoms with Crippen LogP contribution in [0.5, 0.6) is 0 Å². The molecule has 0 aliphatic rings. The van der Waals surface area contributed by atoms with Crippen LogP contribution >= 0.6 is 0 Å². The smallest absolute Gasteiger partial charge is 0.194 e. The first-order valence-corrected chi connectivity index (χ1v) is 6.67. The number of nitrogens with one attached hydrogen (secondary N) is 1. The van der Waals surface area contributed by atoms with Crippen LogP contribution in [0, 0.1) is 23.3 Å². The summed E-state index contributed by atoms with van der Waals surface area (Å²) in [7, 11) is 0. The van der Waals surface area contributed by atoms with Crippen LogP contribution in [0.15, 0.2) is 30.3 Å². The lowest BCUT2D eigenvalue weighted by Gasteiger charge is -2.11. The fraction of sp³-hybridized carbons (Fsp3) is 0.250.